The van der Waals surface area contributed by atoms with E-state index in [1.54, 1.807) is 0 Å². The summed E-state index contributed by atoms with van der Waals surface area (Å²) in [5, 5.41) is 3.66. The molecule has 0 fully saturated rings. The molecule has 0 spiro atoms. The van der Waals surface area contributed by atoms with Crippen LogP contribution in [0.25, 0.3) is 0 Å². The Labute approximate surface area is 118 Å². The number of rotatable bonds is 4. The van der Waals surface area contributed by atoms with Crippen LogP contribution in [-0.4, -0.2) is 23.9 Å². The number of nitrogens with two attached hydrogens (primary N) is 1. The minimum absolute atomic E-state index is 0.0709. The lowest BCUT2D eigenvalue weighted by atomic mass is 10.2. The maximum Gasteiger partial charge on any atom is 0.248 e. The standard InChI is InChI=1S/C10H8ClN3O3S2/c11-9-8(13-14-18-9)5-19(16,17)7-3-1-6(2-4-7)10(12)15/h1-4H,5H2,(H2,12,15). The first kappa shape index (κ1) is 13.9. The summed E-state index contributed by atoms with van der Waals surface area (Å²) in [5.74, 6) is -0.950. The number of primary amides is 1. The van der Waals surface area contributed by atoms with Gasteiger partial charge in [-0.3, -0.25) is 4.79 Å². The molecule has 0 aliphatic heterocycles. The zero-order valence-electron chi connectivity index (χ0n) is 9.41. The topological polar surface area (TPSA) is 103 Å². The van der Waals surface area contributed by atoms with E-state index in [0.29, 0.717) is 0 Å². The first-order chi connectivity index (χ1) is 8.90. The van der Waals surface area contributed by atoms with E-state index >= 15 is 0 Å². The van der Waals surface area contributed by atoms with Gasteiger partial charge in [0.25, 0.3) is 0 Å². The monoisotopic (exact) mass is 317 g/mol. The summed E-state index contributed by atoms with van der Waals surface area (Å²) in [6.07, 6.45) is 0. The van der Waals surface area contributed by atoms with Crippen LogP contribution < -0.4 is 5.73 Å². The second-order valence-corrected chi connectivity index (χ2v) is 6.99. The van der Waals surface area contributed by atoms with E-state index < -0.39 is 15.7 Å². The molecule has 0 aliphatic carbocycles. The summed E-state index contributed by atoms with van der Waals surface area (Å²) in [5.41, 5.74) is 5.54. The molecule has 1 amide bonds. The Bertz CT molecular complexity index is 710. The molecule has 0 unspecified atom stereocenters. The predicted octanol–water partition coefficient (Wildman–Crippen LogP) is 1.26. The minimum Gasteiger partial charge on any atom is -0.366 e. The molecule has 0 saturated carbocycles. The SMILES string of the molecule is NC(=O)c1ccc(S(=O)(=O)Cc2nnsc2Cl)cc1. The molecule has 100 valence electrons. The lowest BCUT2D eigenvalue weighted by Gasteiger charge is -2.03. The van der Waals surface area contributed by atoms with Gasteiger partial charge < -0.3 is 5.73 Å². The summed E-state index contributed by atoms with van der Waals surface area (Å²) in [6, 6.07) is 5.36. The third-order valence-electron chi connectivity index (χ3n) is 2.33. The van der Waals surface area contributed by atoms with Gasteiger partial charge in [0.2, 0.25) is 5.91 Å². The predicted molar refractivity (Wildman–Crippen MR) is 70.8 cm³/mol. The summed E-state index contributed by atoms with van der Waals surface area (Å²) in [4.78, 5) is 11.0. The highest BCUT2D eigenvalue weighted by molar-refractivity contribution is 7.90. The second-order valence-electron chi connectivity index (χ2n) is 3.64. The van der Waals surface area contributed by atoms with Crippen LogP contribution in [0.5, 0.6) is 0 Å². The van der Waals surface area contributed by atoms with E-state index in [1.165, 1.54) is 24.3 Å². The summed E-state index contributed by atoms with van der Waals surface area (Å²) < 4.78 is 28.0. The molecule has 6 nitrogen and oxygen atoms in total. The molecule has 0 bridgehead atoms. The van der Waals surface area contributed by atoms with Crippen LogP contribution >= 0.6 is 23.1 Å². The molecule has 2 rings (SSSR count). The molecular formula is C10H8ClN3O3S2. The van der Waals surface area contributed by atoms with E-state index in [4.69, 9.17) is 17.3 Å². The van der Waals surface area contributed by atoms with E-state index in [2.05, 4.69) is 9.59 Å². The van der Waals surface area contributed by atoms with Crippen molar-refractivity contribution in [1.29, 1.82) is 0 Å². The lowest BCUT2D eigenvalue weighted by molar-refractivity contribution is 0.1000. The molecule has 1 aromatic heterocycles. The maximum atomic E-state index is 12.1. The van der Waals surface area contributed by atoms with E-state index in [-0.39, 0.29) is 26.2 Å². The highest BCUT2D eigenvalue weighted by Gasteiger charge is 2.19. The number of carbonyl (C=O) groups is 1. The molecule has 2 aromatic rings. The van der Waals surface area contributed by atoms with Gasteiger partial charge in [-0.1, -0.05) is 16.1 Å². The van der Waals surface area contributed by atoms with Crippen molar-refractivity contribution >= 4 is 38.9 Å². The molecule has 2 N–H and O–H groups in total. The number of carbonyl (C=O) groups excluding carboxylic acids is 1. The molecule has 0 atom stereocenters. The summed E-state index contributed by atoms with van der Waals surface area (Å²) in [6.45, 7) is 0. The number of benzene rings is 1. The molecule has 0 radical (unpaired) electrons. The fraction of sp³-hybridized carbons (Fsp3) is 0.100. The molecule has 1 aromatic carbocycles. The Balaban J connectivity index is 2.29. The van der Waals surface area contributed by atoms with Crippen LogP contribution in [0.2, 0.25) is 4.34 Å². The smallest absolute Gasteiger partial charge is 0.248 e. The van der Waals surface area contributed by atoms with Gasteiger partial charge in [-0.2, -0.15) is 0 Å². The first-order valence-corrected chi connectivity index (χ1v) is 7.80. The van der Waals surface area contributed by atoms with Crippen LogP contribution in [-0.2, 0) is 15.6 Å². The Kier molecular flexibility index (Phi) is 3.83. The molecule has 0 saturated heterocycles. The van der Waals surface area contributed by atoms with Gasteiger partial charge in [0, 0.05) is 17.1 Å². The van der Waals surface area contributed by atoms with Gasteiger partial charge in [0.15, 0.2) is 9.84 Å². The van der Waals surface area contributed by atoms with Crippen LogP contribution in [0.15, 0.2) is 29.2 Å². The number of nitrogens with zero attached hydrogens (tertiary/aromatic N) is 2. The van der Waals surface area contributed by atoms with Crippen LogP contribution in [0, 0.1) is 0 Å². The third-order valence-corrected chi connectivity index (χ3v) is 4.96. The molecule has 9 heteroatoms. The van der Waals surface area contributed by atoms with Crippen LogP contribution in [0.3, 0.4) is 0 Å². The zero-order chi connectivity index (χ0) is 14.0. The average Bonchev–Trinajstić information content (AvgIpc) is 2.74. The van der Waals surface area contributed by atoms with Gasteiger partial charge in [-0.05, 0) is 24.3 Å². The Morgan fingerprint density at radius 1 is 1.32 bits per heavy atom. The Morgan fingerprint density at radius 3 is 2.42 bits per heavy atom. The van der Waals surface area contributed by atoms with Gasteiger partial charge >= 0.3 is 0 Å². The van der Waals surface area contributed by atoms with E-state index in [0.717, 1.165) is 11.5 Å². The quantitative estimate of drug-likeness (QED) is 0.914. The average molecular weight is 318 g/mol. The highest BCUT2D eigenvalue weighted by atomic mass is 35.5. The number of hydrogen-bond donors (Lipinski definition) is 1. The summed E-state index contributed by atoms with van der Waals surface area (Å²) >= 11 is 6.69. The van der Waals surface area contributed by atoms with Crippen molar-refractivity contribution < 1.29 is 13.2 Å². The van der Waals surface area contributed by atoms with Crippen molar-refractivity contribution in [2.75, 3.05) is 0 Å². The molecule has 19 heavy (non-hydrogen) atoms. The Hall–Kier alpha value is -1.51. The fourth-order valence-electron chi connectivity index (χ4n) is 1.37. The van der Waals surface area contributed by atoms with Crippen molar-refractivity contribution in [1.82, 2.24) is 9.59 Å². The van der Waals surface area contributed by atoms with Crippen molar-refractivity contribution in [3.05, 3.63) is 39.9 Å². The zero-order valence-corrected chi connectivity index (χ0v) is 11.8. The van der Waals surface area contributed by atoms with Crippen molar-refractivity contribution in [2.45, 2.75) is 10.6 Å². The highest BCUT2D eigenvalue weighted by Crippen LogP contribution is 2.23. The van der Waals surface area contributed by atoms with Gasteiger partial charge in [0.1, 0.15) is 15.8 Å². The van der Waals surface area contributed by atoms with Crippen molar-refractivity contribution in [3.63, 3.8) is 0 Å². The van der Waals surface area contributed by atoms with Gasteiger partial charge in [-0.15, -0.1) is 5.10 Å². The fourth-order valence-corrected chi connectivity index (χ4v) is 3.45. The Morgan fingerprint density at radius 2 is 1.95 bits per heavy atom. The number of sulfone groups is 1. The normalized spacial score (nSPS) is 11.4. The van der Waals surface area contributed by atoms with Crippen LogP contribution in [0.4, 0.5) is 0 Å². The second kappa shape index (κ2) is 5.24. The number of hydrogen-bond acceptors (Lipinski definition) is 6. The van der Waals surface area contributed by atoms with Gasteiger partial charge in [-0.25, -0.2) is 8.42 Å². The third kappa shape index (κ3) is 3.09. The maximum absolute atomic E-state index is 12.1. The molecule has 0 aliphatic rings. The number of amides is 1. The van der Waals surface area contributed by atoms with Crippen molar-refractivity contribution in [2.24, 2.45) is 5.73 Å². The van der Waals surface area contributed by atoms with E-state index in [9.17, 15) is 13.2 Å². The molecule has 1 heterocycles. The summed E-state index contributed by atoms with van der Waals surface area (Å²) in [7, 11) is -3.58. The lowest BCUT2D eigenvalue weighted by Crippen LogP contribution is -2.11. The first-order valence-electron chi connectivity index (χ1n) is 4.99. The van der Waals surface area contributed by atoms with Crippen molar-refractivity contribution in [3.8, 4) is 0 Å². The number of halogens is 1. The minimum atomic E-state index is -3.58. The van der Waals surface area contributed by atoms with E-state index in [1.807, 2.05) is 0 Å². The molecular weight excluding hydrogens is 310 g/mol. The van der Waals surface area contributed by atoms with Gasteiger partial charge in [0.05, 0.1) is 4.90 Å². The largest absolute Gasteiger partial charge is 0.366 e. The van der Waals surface area contributed by atoms with Crippen LogP contribution in [0.1, 0.15) is 16.1 Å². The number of aromatic nitrogens is 2.